The second-order valence-electron chi connectivity index (χ2n) is 7.44. The van der Waals surface area contributed by atoms with Crippen molar-refractivity contribution < 1.29 is 0 Å². The second kappa shape index (κ2) is 9.90. The third kappa shape index (κ3) is 4.96. The van der Waals surface area contributed by atoms with E-state index in [9.17, 15) is 0 Å². The Morgan fingerprint density at radius 2 is 2.00 bits per heavy atom. The highest BCUT2D eigenvalue weighted by molar-refractivity contribution is 5.79. The van der Waals surface area contributed by atoms with Crippen LogP contribution in [0.3, 0.4) is 0 Å². The normalized spacial score (nSPS) is 21.9. The van der Waals surface area contributed by atoms with Crippen molar-refractivity contribution in [3.05, 3.63) is 11.6 Å². The number of aryl methyl sites for hydroxylation is 1. The molecule has 0 amide bonds. The summed E-state index contributed by atoms with van der Waals surface area (Å²) < 4.78 is 2.28. The van der Waals surface area contributed by atoms with E-state index in [1.165, 1.54) is 51.5 Å². The van der Waals surface area contributed by atoms with E-state index in [1.54, 1.807) is 0 Å². The van der Waals surface area contributed by atoms with Crippen LogP contribution in [-0.4, -0.2) is 58.3 Å². The molecule has 26 heavy (non-hydrogen) atoms. The summed E-state index contributed by atoms with van der Waals surface area (Å²) in [4.78, 5) is 6.99. The molecule has 2 N–H and O–H groups in total. The molecule has 0 spiro atoms. The summed E-state index contributed by atoms with van der Waals surface area (Å²) in [7, 11) is 1.83. The van der Waals surface area contributed by atoms with Gasteiger partial charge in [0.1, 0.15) is 5.82 Å². The van der Waals surface area contributed by atoms with Gasteiger partial charge in [0.05, 0.1) is 6.54 Å². The minimum atomic E-state index is 0.675. The molecule has 3 rings (SSSR count). The Morgan fingerprint density at radius 1 is 1.12 bits per heavy atom. The fraction of sp³-hybridized carbons (Fsp3) is 0.842. The number of piperidine rings is 1. The van der Waals surface area contributed by atoms with Gasteiger partial charge in [0.25, 0.3) is 0 Å². The Hall–Kier alpha value is -1.63. The highest BCUT2D eigenvalue weighted by atomic mass is 15.3. The first-order valence-corrected chi connectivity index (χ1v) is 10.4. The molecule has 146 valence electrons. The monoisotopic (exact) mass is 361 g/mol. The van der Waals surface area contributed by atoms with Crippen LogP contribution >= 0.6 is 0 Å². The van der Waals surface area contributed by atoms with Crippen LogP contribution in [0, 0.1) is 0 Å². The number of guanidine groups is 1. The van der Waals surface area contributed by atoms with Crippen molar-refractivity contribution in [3.63, 3.8) is 0 Å². The van der Waals surface area contributed by atoms with Crippen LogP contribution in [0.25, 0.3) is 0 Å². The molecule has 1 aromatic heterocycles. The predicted molar refractivity (Wildman–Crippen MR) is 105 cm³/mol. The molecule has 1 atom stereocenters. The second-order valence-corrected chi connectivity index (χ2v) is 7.44. The molecule has 2 aliphatic heterocycles. The number of nitrogens with one attached hydrogen (secondary N) is 2. The first kappa shape index (κ1) is 19.1. The summed E-state index contributed by atoms with van der Waals surface area (Å²) in [5, 5.41) is 15.6. The molecule has 0 radical (unpaired) electrons. The molecule has 7 heteroatoms. The molecular weight excluding hydrogens is 326 g/mol. The van der Waals surface area contributed by atoms with Gasteiger partial charge in [-0.1, -0.05) is 19.8 Å². The van der Waals surface area contributed by atoms with Crippen LogP contribution < -0.4 is 10.6 Å². The quantitative estimate of drug-likeness (QED) is 0.598. The first-order valence-electron chi connectivity index (χ1n) is 10.4. The number of aromatic nitrogens is 3. The van der Waals surface area contributed by atoms with Gasteiger partial charge in [-0.2, -0.15) is 0 Å². The largest absolute Gasteiger partial charge is 0.355 e. The van der Waals surface area contributed by atoms with E-state index in [0.29, 0.717) is 6.54 Å². The number of hydrogen-bond acceptors (Lipinski definition) is 4. The van der Waals surface area contributed by atoms with Gasteiger partial charge >= 0.3 is 0 Å². The van der Waals surface area contributed by atoms with Gasteiger partial charge in [-0.25, -0.2) is 0 Å². The van der Waals surface area contributed by atoms with Crippen molar-refractivity contribution in [2.75, 3.05) is 26.7 Å². The summed E-state index contributed by atoms with van der Waals surface area (Å²) in [5.74, 6) is 3.01. The fourth-order valence-electron chi connectivity index (χ4n) is 4.19. The lowest BCUT2D eigenvalue weighted by molar-refractivity contribution is 0.147. The number of fused-ring (bicyclic) bond motifs is 1. The van der Waals surface area contributed by atoms with Gasteiger partial charge in [0, 0.05) is 39.1 Å². The van der Waals surface area contributed by atoms with E-state index < -0.39 is 0 Å². The minimum absolute atomic E-state index is 0.675. The molecule has 0 aliphatic carbocycles. The number of rotatable bonds is 6. The molecule has 3 heterocycles. The zero-order valence-corrected chi connectivity index (χ0v) is 16.5. The Kier molecular flexibility index (Phi) is 7.29. The van der Waals surface area contributed by atoms with E-state index in [0.717, 1.165) is 49.7 Å². The van der Waals surface area contributed by atoms with E-state index >= 15 is 0 Å². The molecule has 0 bridgehead atoms. The molecule has 7 nitrogen and oxygen atoms in total. The van der Waals surface area contributed by atoms with Crippen LogP contribution in [0.1, 0.15) is 63.5 Å². The van der Waals surface area contributed by atoms with E-state index in [-0.39, 0.29) is 0 Å². The number of likely N-dealkylation sites (tertiary alicyclic amines) is 1. The van der Waals surface area contributed by atoms with Crippen LogP contribution in [0.5, 0.6) is 0 Å². The Bertz CT molecular complexity index is 580. The summed E-state index contributed by atoms with van der Waals surface area (Å²) >= 11 is 0. The van der Waals surface area contributed by atoms with Gasteiger partial charge in [0.2, 0.25) is 0 Å². The predicted octanol–water partition coefficient (Wildman–Crippen LogP) is 1.93. The van der Waals surface area contributed by atoms with Crippen molar-refractivity contribution in [1.29, 1.82) is 0 Å². The van der Waals surface area contributed by atoms with Gasteiger partial charge < -0.3 is 15.2 Å². The average molecular weight is 362 g/mol. The van der Waals surface area contributed by atoms with Crippen molar-refractivity contribution >= 4 is 5.96 Å². The van der Waals surface area contributed by atoms with Gasteiger partial charge in [-0.15, -0.1) is 10.2 Å². The maximum absolute atomic E-state index is 4.38. The van der Waals surface area contributed by atoms with Crippen molar-refractivity contribution in [2.45, 2.75) is 77.4 Å². The summed E-state index contributed by atoms with van der Waals surface area (Å²) in [6, 6.07) is 0.756. The third-order valence-corrected chi connectivity index (χ3v) is 5.74. The standard InChI is InChI=1S/C19H35N7/c1-3-16-9-6-8-12-25(16)14-11-21-19(20-2)22-15-18-24-23-17-10-5-4-7-13-26(17)18/h16H,3-15H2,1-2H3,(H2,20,21,22). The lowest BCUT2D eigenvalue weighted by Gasteiger charge is -2.35. The molecule has 0 aromatic carbocycles. The number of hydrogen-bond donors (Lipinski definition) is 2. The smallest absolute Gasteiger partial charge is 0.191 e. The van der Waals surface area contributed by atoms with Crippen LogP contribution in [0.4, 0.5) is 0 Å². The highest BCUT2D eigenvalue weighted by Crippen LogP contribution is 2.18. The minimum Gasteiger partial charge on any atom is -0.355 e. The summed E-state index contributed by atoms with van der Waals surface area (Å²) in [6.45, 7) is 7.26. The summed E-state index contributed by atoms with van der Waals surface area (Å²) in [6.07, 6.45) is 10.1. The average Bonchev–Trinajstić information content (AvgIpc) is 2.91. The first-order chi connectivity index (χ1) is 12.8. The molecule has 2 aliphatic rings. The summed E-state index contributed by atoms with van der Waals surface area (Å²) in [5.41, 5.74) is 0. The molecule has 1 aromatic rings. The molecule has 1 unspecified atom stereocenters. The van der Waals surface area contributed by atoms with Gasteiger partial charge in [-0.05, 0) is 38.6 Å². The van der Waals surface area contributed by atoms with Crippen LogP contribution in [0.15, 0.2) is 4.99 Å². The molecule has 1 fully saturated rings. The Balaban J connectivity index is 1.44. The maximum Gasteiger partial charge on any atom is 0.191 e. The Labute approximate surface area is 157 Å². The van der Waals surface area contributed by atoms with E-state index in [2.05, 4.69) is 42.2 Å². The van der Waals surface area contributed by atoms with Crippen molar-refractivity contribution in [3.8, 4) is 0 Å². The molecular formula is C19H35N7. The number of nitrogens with zero attached hydrogens (tertiary/aromatic N) is 5. The zero-order chi connectivity index (χ0) is 18.2. The van der Waals surface area contributed by atoms with E-state index in [4.69, 9.17) is 0 Å². The van der Waals surface area contributed by atoms with Crippen LogP contribution in [0.2, 0.25) is 0 Å². The molecule has 1 saturated heterocycles. The number of aliphatic imine (C=N–C) groups is 1. The lowest BCUT2D eigenvalue weighted by atomic mass is 10.0. The van der Waals surface area contributed by atoms with Gasteiger partial charge in [-0.3, -0.25) is 9.89 Å². The molecule has 0 saturated carbocycles. The van der Waals surface area contributed by atoms with Crippen molar-refractivity contribution in [1.82, 2.24) is 30.3 Å². The fourth-order valence-corrected chi connectivity index (χ4v) is 4.19. The Morgan fingerprint density at radius 3 is 2.85 bits per heavy atom. The highest BCUT2D eigenvalue weighted by Gasteiger charge is 2.20. The van der Waals surface area contributed by atoms with Crippen LogP contribution in [-0.2, 0) is 19.5 Å². The topological polar surface area (TPSA) is 70.4 Å². The lowest BCUT2D eigenvalue weighted by Crippen LogP contribution is -2.45. The van der Waals surface area contributed by atoms with E-state index in [1.807, 2.05) is 7.05 Å². The van der Waals surface area contributed by atoms with Crippen molar-refractivity contribution in [2.24, 2.45) is 4.99 Å². The SMILES string of the molecule is CCC1CCCCN1CCNC(=NC)NCc1nnc2n1CCCCC2. The zero-order valence-electron chi connectivity index (χ0n) is 16.5. The third-order valence-electron chi connectivity index (χ3n) is 5.74. The maximum atomic E-state index is 4.38. The van der Waals surface area contributed by atoms with Gasteiger partial charge in [0.15, 0.2) is 11.8 Å².